The molecule has 2 saturated heterocycles. The average Bonchev–Trinajstić information content (AvgIpc) is 2.83. The molecule has 1 aromatic heterocycles. The second-order valence-electron chi connectivity index (χ2n) is 8.37. The lowest BCUT2D eigenvalue weighted by Gasteiger charge is -2.29. The predicted molar refractivity (Wildman–Crippen MR) is 127 cm³/mol. The molecule has 32 heavy (non-hydrogen) atoms. The second kappa shape index (κ2) is 11.4. The van der Waals surface area contributed by atoms with Crippen LogP contribution >= 0.6 is 0 Å². The van der Waals surface area contributed by atoms with Gasteiger partial charge in [-0.3, -0.25) is 9.89 Å². The smallest absolute Gasteiger partial charge is 0.215 e. The van der Waals surface area contributed by atoms with E-state index in [2.05, 4.69) is 52.9 Å². The number of hydrogen-bond donors (Lipinski definition) is 0. The van der Waals surface area contributed by atoms with E-state index in [1.807, 2.05) is 12.3 Å². The van der Waals surface area contributed by atoms with Crippen LogP contribution in [0, 0.1) is 13.8 Å². The van der Waals surface area contributed by atoms with Gasteiger partial charge in [0.15, 0.2) is 0 Å². The fraction of sp³-hybridized carbons (Fsp3) is 0.520. The third-order valence-electron chi connectivity index (χ3n) is 6.00. The Morgan fingerprint density at radius 2 is 1.72 bits per heavy atom. The van der Waals surface area contributed by atoms with Crippen molar-refractivity contribution in [3.05, 3.63) is 52.7 Å². The molecule has 0 aliphatic carbocycles. The molecule has 0 unspecified atom stereocenters. The molecule has 2 fully saturated rings. The molecule has 0 bridgehead atoms. The van der Waals surface area contributed by atoms with Crippen molar-refractivity contribution in [3.8, 4) is 5.88 Å². The normalized spacial score (nSPS) is 17.8. The van der Waals surface area contributed by atoms with Gasteiger partial charge in [0.2, 0.25) is 5.88 Å². The number of rotatable bonds is 8. The summed E-state index contributed by atoms with van der Waals surface area (Å²) in [6, 6.07) is 10.6. The van der Waals surface area contributed by atoms with Gasteiger partial charge in [-0.2, -0.15) is 0 Å². The summed E-state index contributed by atoms with van der Waals surface area (Å²) in [5, 5.41) is 0. The largest absolute Gasteiger partial charge is 0.476 e. The molecular weight excluding hydrogens is 404 g/mol. The summed E-state index contributed by atoms with van der Waals surface area (Å²) in [6.07, 6.45) is 1.93. The lowest BCUT2D eigenvalue weighted by atomic mass is 10.1. The van der Waals surface area contributed by atoms with Gasteiger partial charge >= 0.3 is 0 Å². The Labute approximate surface area is 191 Å². The van der Waals surface area contributed by atoms with Gasteiger partial charge < -0.3 is 19.1 Å². The van der Waals surface area contributed by atoms with Crippen molar-refractivity contribution in [2.24, 2.45) is 4.99 Å². The van der Waals surface area contributed by atoms with Crippen molar-refractivity contribution in [1.82, 2.24) is 9.88 Å². The summed E-state index contributed by atoms with van der Waals surface area (Å²) < 4.78 is 17.0. The van der Waals surface area contributed by atoms with Gasteiger partial charge in [-0.05, 0) is 36.6 Å². The van der Waals surface area contributed by atoms with Crippen LogP contribution in [0.4, 0.5) is 5.69 Å². The van der Waals surface area contributed by atoms with Crippen LogP contribution < -0.4 is 9.64 Å². The van der Waals surface area contributed by atoms with Gasteiger partial charge in [-0.25, -0.2) is 4.98 Å². The first-order valence-corrected chi connectivity index (χ1v) is 11.5. The molecule has 0 spiro atoms. The van der Waals surface area contributed by atoms with E-state index in [1.54, 1.807) is 0 Å². The number of aromatic nitrogens is 1. The van der Waals surface area contributed by atoms with E-state index >= 15 is 0 Å². The van der Waals surface area contributed by atoms with Gasteiger partial charge in [0.05, 0.1) is 38.7 Å². The predicted octanol–water partition coefficient (Wildman–Crippen LogP) is 2.87. The summed E-state index contributed by atoms with van der Waals surface area (Å²) in [6.45, 7) is 13.0. The number of morpholine rings is 2. The number of pyridine rings is 1. The molecular formula is C25H34N4O3. The minimum atomic E-state index is 0.519. The standard InChI is InChI=1S/C25H34N4O3/c1-20-3-4-22(15-21(20)2)18-26-19-23-16-24(29-8-12-31-13-9-29)17-25(27-23)32-14-7-28-5-10-30-11-6-28/h3-4,15-18H,5-14,19H2,1-2H3. The Kier molecular flexibility index (Phi) is 8.09. The van der Waals surface area contributed by atoms with Crippen LogP contribution in [0.25, 0.3) is 0 Å². The zero-order valence-corrected chi connectivity index (χ0v) is 19.3. The molecule has 7 nitrogen and oxygen atoms in total. The minimum absolute atomic E-state index is 0.519. The van der Waals surface area contributed by atoms with Crippen LogP contribution in [-0.2, 0) is 16.0 Å². The van der Waals surface area contributed by atoms with Crippen LogP contribution in [0.15, 0.2) is 35.3 Å². The number of nitrogens with zero attached hydrogens (tertiary/aromatic N) is 4. The summed E-state index contributed by atoms with van der Waals surface area (Å²) in [7, 11) is 0. The molecule has 0 amide bonds. The zero-order chi connectivity index (χ0) is 22.2. The Morgan fingerprint density at radius 3 is 2.47 bits per heavy atom. The molecule has 0 saturated carbocycles. The molecule has 3 heterocycles. The summed E-state index contributed by atoms with van der Waals surface area (Å²) in [5.41, 5.74) is 5.72. The van der Waals surface area contributed by atoms with Crippen molar-refractivity contribution in [2.45, 2.75) is 20.4 Å². The highest BCUT2D eigenvalue weighted by atomic mass is 16.5. The van der Waals surface area contributed by atoms with Gasteiger partial charge in [0.1, 0.15) is 6.61 Å². The van der Waals surface area contributed by atoms with Gasteiger partial charge in [-0.1, -0.05) is 18.2 Å². The van der Waals surface area contributed by atoms with E-state index in [0.29, 0.717) is 19.0 Å². The maximum Gasteiger partial charge on any atom is 0.215 e. The van der Waals surface area contributed by atoms with Gasteiger partial charge in [0.25, 0.3) is 0 Å². The van der Waals surface area contributed by atoms with E-state index in [9.17, 15) is 0 Å². The fourth-order valence-electron chi connectivity index (χ4n) is 3.90. The molecule has 4 rings (SSSR count). The lowest BCUT2D eigenvalue weighted by molar-refractivity contribution is 0.0320. The topological polar surface area (TPSA) is 59.4 Å². The number of aryl methyl sites for hydroxylation is 2. The van der Waals surface area contributed by atoms with Crippen LogP contribution in [0.2, 0.25) is 0 Å². The van der Waals surface area contributed by atoms with Crippen molar-refractivity contribution in [1.29, 1.82) is 0 Å². The molecule has 0 radical (unpaired) electrons. The van der Waals surface area contributed by atoms with E-state index in [0.717, 1.165) is 76.1 Å². The monoisotopic (exact) mass is 438 g/mol. The van der Waals surface area contributed by atoms with Gasteiger partial charge in [-0.15, -0.1) is 0 Å². The summed E-state index contributed by atoms with van der Waals surface area (Å²) in [5.74, 6) is 0.665. The maximum atomic E-state index is 6.07. The number of benzene rings is 1. The van der Waals surface area contributed by atoms with E-state index in [4.69, 9.17) is 19.2 Å². The molecule has 0 N–H and O–H groups in total. The molecule has 172 valence electrons. The van der Waals surface area contributed by atoms with E-state index in [1.165, 1.54) is 11.1 Å². The highest BCUT2D eigenvalue weighted by Crippen LogP contribution is 2.23. The average molecular weight is 439 g/mol. The molecule has 7 heteroatoms. The van der Waals surface area contributed by atoms with Crippen molar-refractivity contribution >= 4 is 11.9 Å². The molecule has 2 aliphatic rings. The van der Waals surface area contributed by atoms with E-state index in [-0.39, 0.29) is 0 Å². The second-order valence-corrected chi connectivity index (χ2v) is 8.37. The lowest BCUT2D eigenvalue weighted by Crippen LogP contribution is -2.38. The number of ether oxygens (including phenoxy) is 3. The molecule has 2 aliphatic heterocycles. The van der Waals surface area contributed by atoms with Crippen LogP contribution in [0.3, 0.4) is 0 Å². The Balaban J connectivity index is 1.43. The Hall–Kier alpha value is -2.48. The zero-order valence-electron chi connectivity index (χ0n) is 19.3. The fourth-order valence-corrected chi connectivity index (χ4v) is 3.90. The minimum Gasteiger partial charge on any atom is -0.476 e. The number of aliphatic imine (C=N–C) groups is 1. The molecule has 1 aromatic carbocycles. The summed E-state index contributed by atoms with van der Waals surface area (Å²) in [4.78, 5) is 14.1. The van der Waals surface area contributed by atoms with Crippen molar-refractivity contribution < 1.29 is 14.2 Å². The van der Waals surface area contributed by atoms with Crippen molar-refractivity contribution in [3.63, 3.8) is 0 Å². The highest BCUT2D eigenvalue weighted by Gasteiger charge is 2.15. The van der Waals surface area contributed by atoms with Crippen LogP contribution in [0.5, 0.6) is 5.88 Å². The SMILES string of the molecule is Cc1ccc(C=NCc2cc(N3CCOCC3)cc(OCCN3CCOCC3)n2)cc1C. The summed E-state index contributed by atoms with van der Waals surface area (Å²) >= 11 is 0. The highest BCUT2D eigenvalue weighted by molar-refractivity contribution is 5.80. The number of hydrogen-bond acceptors (Lipinski definition) is 7. The van der Waals surface area contributed by atoms with E-state index < -0.39 is 0 Å². The first-order valence-electron chi connectivity index (χ1n) is 11.5. The molecule has 0 atom stereocenters. The number of anilines is 1. The van der Waals surface area contributed by atoms with Gasteiger partial charge in [0, 0.05) is 50.7 Å². The third-order valence-corrected chi connectivity index (χ3v) is 6.00. The third kappa shape index (κ3) is 6.51. The molecule has 2 aromatic rings. The first kappa shape index (κ1) is 22.7. The Morgan fingerprint density at radius 1 is 0.969 bits per heavy atom. The van der Waals surface area contributed by atoms with Crippen LogP contribution in [0.1, 0.15) is 22.4 Å². The first-order chi connectivity index (χ1) is 15.7. The van der Waals surface area contributed by atoms with Crippen molar-refractivity contribution in [2.75, 3.05) is 70.7 Å². The van der Waals surface area contributed by atoms with Crippen LogP contribution in [-0.4, -0.2) is 81.9 Å². The Bertz CT molecular complexity index is 906. The maximum absolute atomic E-state index is 6.07. The quantitative estimate of drug-likeness (QED) is 0.591.